The van der Waals surface area contributed by atoms with Gasteiger partial charge in [0.05, 0.1) is 0 Å². The molecule has 5 nitrogen and oxygen atoms in total. The maximum absolute atomic E-state index is 12.8. The number of nitrogens with zero attached hydrogens (tertiary/aromatic N) is 3. The Morgan fingerprint density at radius 2 is 1.96 bits per heavy atom. The minimum absolute atomic E-state index is 0.161. The first kappa shape index (κ1) is 16.2. The molecule has 3 rings (SSSR count). The van der Waals surface area contributed by atoms with E-state index in [9.17, 15) is 4.79 Å². The molecule has 0 aliphatic carbocycles. The molecule has 2 aliphatic rings. The predicted molar refractivity (Wildman–Crippen MR) is 92.3 cm³/mol. The number of hydrogen-bond acceptors (Lipinski definition) is 4. The first-order chi connectivity index (χ1) is 11.0. The molecule has 1 amide bonds. The smallest absolute Gasteiger partial charge is 0.226 e. The summed E-state index contributed by atoms with van der Waals surface area (Å²) in [6, 6.07) is 4.70. The molecule has 5 heteroatoms. The highest BCUT2D eigenvalue weighted by molar-refractivity contribution is 5.79. The molecule has 0 aromatic carbocycles. The van der Waals surface area contributed by atoms with E-state index in [-0.39, 0.29) is 18.0 Å². The highest BCUT2D eigenvalue weighted by Crippen LogP contribution is 2.26. The van der Waals surface area contributed by atoms with Crippen molar-refractivity contribution >= 4 is 11.7 Å². The lowest BCUT2D eigenvalue weighted by Crippen LogP contribution is -2.51. The Morgan fingerprint density at radius 3 is 2.57 bits per heavy atom. The average Bonchev–Trinajstić information content (AvgIpc) is 2.55. The number of piperidine rings is 2. The number of likely N-dealkylation sites (tertiary alicyclic amines) is 1. The normalized spacial score (nSPS) is 26.4. The average molecular weight is 316 g/mol. The fraction of sp³-hybridized carbons (Fsp3) is 0.667. The first-order valence-corrected chi connectivity index (χ1v) is 8.78. The van der Waals surface area contributed by atoms with Crippen molar-refractivity contribution in [1.82, 2.24) is 9.88 Å². The van der Waals surface area contributed by atoms with Gasteiger partial charge in [-0.3, -0.25) is 4.79 Å². The topological polar surface area (TPSA) is 62.5 Å². The second kappa shape index (κ2) is 6.87. The first-order valence-electron chi connectivity index (χ1n) is 8.78. The van der Waals surface area contributed by atoms with Crippen molar-refractivity contribution in [3.63, 3.8) is 0 Å². The van der Waals surface area contributed by atoms with Crippen LogP contribution in [0.3, 0.4) is 0 Å². The second-order valence-corrected chi connectivity index (χ2v) is 7.12. The Kier molecular flexibility index (Phi) is 4.85. The van der Waals surface area contributed by atoms with E-state index in [1.54, 1.807) is 0 Å². The van der Waals surface area contributed by atoms with Crippen LogP contribution in [0.2, 0.25) is 0 Å². The number of aryl methyl sites for hydroxylation is 1. The lowest BCUT2D eigenvalue weighted by molar-refractivity contribution is -0.139. The van der Waals surface area contributed by atoms with Gasteiger partial charge < -0.3 is 15.5 Å². The number of hydrogen-bond donors (Lipinski definition) is 1. The van der Waals surface area contributed by atoms with Crippen molar-refractivity contribution in [2.45, 2.75) is 51.6 Å². The van der Waals surface area contributed by atoms with Crippen LogP contribution in [-0.4, -0.2) is 47.5 Å². The van der Waals surface area contributed by atoms with Gasteiger partial charge in [-0.05, 0) is 51.2 Å². The summed E-state index contributed by atoms with van der Waals surface area (Å²) in [5.74, 6) is 1.52. The summed E-state index contributed by atoms with van der Waals surface area (Å²) < 4.78 is 0. The van der Waals surface area contributed by atoms with Crippen LogP contribution in [-0.2, 0) is 4.79 Å². The summed E-state index contributed by atoms with van der Waals surface area (Å²) >= 11 is 0. The lowest BCUT2D eigenvalue weighted by atomic mass is 9.92. The molecule has 2 aliphatic heterocycles. The summed E-state index contributed by atoms with van der Waals surface area (Å²) in [7, 11) is 0. The van der Waals surface area contributed by atoms with Gasteiger partial charge in [0.15, 0.2) is 0 Å². The van der Waals surface area contributed by atoms with E-state index in [2.05, 4.69) is 33.8 Å². The molecule has 0 saturated carbocycles. The molecule has 2 N–H and O–H groups in total. The number of amides is 1. The van der Waals surface area contributed by atoms with Crippen LogP contribution in [0.5, 0.6) is 0 Å². The van der Waals surface area contributed by atoms with E-state index in [0.29, 0.717) is 5.91 Å². The van der Waals surface area contributed by atoms with Crippen molar-refractivity contribution in [3.05, 3.63) is 23.9 Å². The van der Waals surface area contributed by atoms with Crippen molar-refractivity contribution in [1.29, 1.82) is 0 Å². The van der Waals surface area contributed by atoms with Gasteiger partial charge in [0.25, 0.3) is 0 Å². The molecule has 1 aromatic rings. The summed E-state index contributed by atoms with van der Waals surface area (Å²) in [6.45, 7) is 6.82. The number of aromatic nitrogens is 1. The van der Waals surface area contributed by atoms with Gasteiger partial charge in [0.1, 0.15) is 5.82 Å². The summed E-state index contributed by atoms with van der Waals surface area (Å²) in [6.07, 6.45) is 5.61. The minimum atomic E-state index is 0.161. The standard InChI is InChI=1S/C18H28N4O/c1-13-3-4-17(20-12-13)21-8-5-15(6-9-21)18(23)22-10-7-16(19)11-14(22)2/h3-4,12,14-16H,5-11,19H2,1-2H3/t14-,16-/m0/s1. The van der Waals surface area contributed by atoms with E-state index in [0.717, 1.165) is 51.1 Å². The molecule has 3 heterocycles. The summed E-state index contributed by atoms with van der Waals surface area (Å²) in [5, 5.41) is 0. The quantitative estimate of drug-likeness (QED) is 0.906. The third-order valence-corrected chi connectivity index (χ3v) is 5.26. The lowest BCUT2D eigenvalue weighted by Gasteiger charge is -2.40. The van der Waals surface area contributed by atoms with Gasteiger partial charge in [-0.15, -0.1) is 0 Å². The molecule has 2 fully saturated rings. The molecule has 0 unspecified atom stereocenters. The summed E-state index contributed by atoms with van der Waals surface area (Å²) in [4.78, 5) is 21.7. The zero-order valence-corrected chi connectivity index (χ0v) is 14.2. The molecule has 23 heavy (non-hydrogen) atoms. The minimum Gasteiger partial charge on any atom is -0.357 e. The van der Waals surface area contributed by atoms with Gasteiger partial charge in [-0.1, -0.05) is 6.07 Å². The van der Waals surface area contributed by atoms with Crippen LogP contribution in [0.15, 0.2) is 18.3 Å². The third-order valence-electron chi connectivity index (χ3n) is 5.26. The Labute approximate surface area is 138 Å². The van der Waals surface area contributed by atoms with Gasteiger partial charge in [0, 0.05) is 43.8 Å². The Balaban J connectivity index is 1.56. The zero-order valence-electron chi connectivity index (χ0n) is 14.2. The molecule has 2 atom stereocenters. The Hall–Kier alpha value is -1.62. The SMILES string of the molecule is Cc1ccc(N2CCC(C(=O)N3CC[C@H](N)C[C@@H]3C)CC2)nc1. The molecular weight excluding hydrogens is 288 g/mol. The highest BCUT2D eigenvalue weighted by atomic mass is 16.2. The van der Waals surface area contributed by atoms with Gasteiger partial charge in [-0.2, -0.15) is 0 Å². The number of rotatable bonds is 2. The van der Waals surface area contributed by atoms with Gasteiger partial charge in [-0.25, -0.2) is 4.98 Å². The van der Waals surface area contributed by atoms with Crippen molar-refractivity contribution in [2.24, 2.45) is 11.7 Å². The molecule has 1 aromatic heterocycles. The van der Waals surface area contributed by atoms with Gasteiger partial charge >= 0.3 is 0 Å². The van der Waals surface area contributed by atoms with Crippen LogP contribution >= 0.6 is 0 Å². The van der Waals surface area contributed by atoms with E-state index in [1.165, 1.54) is 5.56 Å². The number of anilines is 1. The Morgan fingerprint density at radius 1 is 1.22 bits per heavy atom. The highest BCUT2D eigenvalue weighted by Gasteiger charge is 2.33. The van der Waals surface area contributed by atoms with Crippen molar-refractivity contribution in [2.75, 3.05) is 24.5 Å². The van der Waals surface area contributed by atoms with Crippen molar-refractivity contribution < 1.29 is 4.79 Å². The van der Waals surface area contributed by atoms with Crippen LogP contribution in [0, 0.1) is 12.8 Å². The van der Waals surface area contributed by atoms with Crippen LogP contribution < -0.4 is 10.6 Å². The molecular formula is C18H28N4O. The molecule has 0 bridgehead atoms. The number of nitrogens with two attached hydrogens (primary N) is 1. The van der Waals surface area contributed by atoms with Crippen LogP contribution in [0.25, 0.3) is 0 Å². The maximum atomic E-state index is 12.8. The maximum Gasteiger partial charge on any atom is 0.226 e. The summed E-state index contributed by atoms with van der Waals surface area (Å²) in [5.41, 5.74) is 7.18. The molecule has 126 valence electrons. The van der Waals surface area contributed by atoms with Crippen LogP contribution in [0.1, 0.15) is 38.2 Å². The van der Waals surface area contributed by atoms with E-state index >= 15 is 0 Å². The van der Waals surface area contributed by atoms with E-state index < -0.39 is 0 Å². The number of pyridine rings is 1. The molecule has 0 radical (unpaired) electrons. The number of carbonyl (C=O) groups is 1. The monoisotopic (exact) mass is 316 g/mol. The van der Waals surface area contributed by atoms with E-state index in [1.807, 2.05) is 13.1 Å². The molecule has 0 spiro atoms. The second-order valence-electron chi connectivity index (χ2n) is 7.12. The largest absolute Gasteiger partial charge is 0.357 e. The zero-order chi connectivity index (χ0) is 16.4. The molecule has 2 saturated heterocycles. The Bertz CT molecular complexity index is 536. The van der Waals surface area contributed by atoms with Crippen LogP contribution in [0.4, 0.5) is 5.82 Å². The number of carbonyl (C=O) groups excluding carboxylic acids is 1. The van der Waals surface area contributed by atoms with E-state index in [4.69, 9.17) is 5.73 Å². The fourth-order valence-electron chi connectivity index (χ4n) is 3.77. The third kappa shape index (κ3) is 3.66. The van der Waals surface area contributed by atoms with Crippen molar-refractivity contribution in [3.8, 4) is 0 Å². The fourth-order valence-corrected chi connectivity index (χ4v) is 3.77. The van der Waals surface area contributed by atoms with Gasteiger partial charge in [0.2, 0.25) is 5.91 Å². The predicted octanol–water partition coefficient (Wildman–Crippen LogP) is 1.94.